The topological polar surface area (TPSA) is 56.6 Å². The van der Waals surface area contributed by atoms with Gasteiger partial charge in [-0.15, -0.1) is 0 Å². The Morgan fingerprint density at radius 1 is 1.35 bits per heavy atom. The Morgan fingerprint density at radius 3 is 2.70 bits per heavy atom. The lowest BCUT2D eigenvalue weighted by Gasteiger charge is -2.36. The Balaban J connectivity index is 1.68. The van der Waals surface area contributed by atoms with Gasteiger partial charge < -0.3 is 9.64 Å². The maximum absolute atomic E-state index is 12.2. The zero-order chi connectivity index (χ0) is 14.4. The van der Waals surface area contributed by atoms with Gasteiger partial charge in [0.25, 0.3) is 0 Å². The molecule has 0 bridgehead atoms. The lowest BCUT2D eigenvalue weighted by atomic mass is 10.0. The standard InChI is InChI=1S/C15H25N3O2/c1-13(12-16)17-7-9-18(10-8-17)15(19)6-5-14-4-2-3-11-20-14/h13-14H,2-11H2,1H3. The first-order valence-electron chi connectivity index (χ1n) is 7.73. The zero-order valence-electron chi connectivity index (χ0n) is 12.4. The second-order valence-corrected chi connectivity index (χ2v) is 5.75. The highest BCUT2D eigenvalue weighted by molar-refractivity contribution is 5.76. The molecule has 5 heteroatoms. The number of nitrogens with zero attached hydrogens (tertiary/aromatic N) is 3. The zero-order valence-corrected chi connectivity index (χ0v) is 12.4. The highest BCUT2D eigenvalue weighted by Crippen LogP contribution is 2.18. The number of nitriles is 1. The summed E-state index contributed by atoms with van der Waals surface area (Å²) >= 11 is 0. The van der Waals surface area contributed by atoms with Crippen molar-refractivity contribution in [3.05, 3.63) is 0 Å². The van der Waals surface area contributed by atoms with Crippen molar-refractivity contribution in [3.8, 4) is 6.07 Å². The summed E-state index contributed by atoms with van der Waals surface area (Å²) in [5.74, 6) is 0.239. The van der Waals surface area contributed by atoms with E-state index in [0.29, 0.717) is 6.42 Å². The SMILES string of the molecule is CC(C#N)N1CCN(C(=O)CCC2CCCCO2)CC1. The van der Waals surface area contributed by atoms with Gasteiger partial charge in [-0.1, -0.05) is 0 Å². The number of hydrogen-bond acceptors (Lipinski definition) is 4. The van der Waals surface area contributed by atoms with Crippen molar-refractivity contribution < 1.29 is 9.53 Å². The molecule has 2 rings (SSSR count). The lowest BCUT2D eigenvalue weighted by molar-refractivity contribution is -0.134. The summed E-state index contributed by atoms with van der Waals surface area (Å²) in [6.45, 7) is 5.87. The summed E-state index contributed by atoms with van der Waals surface area (Å²) in [7, 11) is 0. The average Bonchev–Trinajstić information content (AvgIpc) is 2.53. The predicted octanol–water partition coefficient (Wildman–Crippen LogP) is 1.39. The number of ether oxygens (including phenoxy) is 1. The number of hydrogen-bond donors (Lipinski definition) is 0. The van der Waals surface area contributed by atoms with Gasteiger partial charge in [0, 0.05) is 39.2 Å². The molecule has 2 unspecified atom stereocenters. The molecule has 2 aliphatic heterocycles. The van der Waals surface area contributed by atoms with Crippen LogP contribution in [-0.2, 0) is 9.53 Å². The molecule has 0 aromatic heterocycles. The number of carbonyl (C=O) groups excluding carboxylic acids is 1. The van der Waals surface area contributed by atoms with E-state index in [4.69, 9.17) is 10.00 Å². The first-order valence-corrected chi connectivity index (χ1v) is 7.73. The fourth-order valence-electron chi connectivity index (χ4n) is 2.92. The molecular formula is C15H25N3O2. The Bertz CT molecular complexity index is 353. The molecule has 2 atom stereocenters. The van der Waals surface area contributed by atoms with E-state index in [1.807, 2.05) is 11.8 Å². The van der Waals surface area contributed by atoms with E-state index in [1.54, 1.807) is 0 Å². The largest absolute Gasteiger partial charge is 0.378 e. The molecule has 0 radical (unpaired) electrons. The van der Waals surface area contributed by atoms with Gasteiger partial charge in [0.1, 0.15) is 0 Å². The fraction of sp³-hybridized carbons (Fsp3) is 0.867. The van der Waals surface area contributed by atoms with E-state index < -0.39 is 0 Å². The summed E-state index contributed by atoms with van der Waals surface area (Å²) in [5, 5.41) is 8.90. The average molecular weight is 279 g/mol. The minimum Gasteiger partial charge on any atom is -0.378 e. The van der Waals surface area contributed by atoms with E-state index in [0.717, 1.165) is 52.0 Å². The molecule has 0 spiro atoms. The summed E-state index contributed by atoms with van der Waals surface area (Å²) in [5.41, 5.74) is 0. The molecule has 0 saturated carbocycles. The fourth-order valence-corrected chi connectivity index (χ4v) is 2.92. The molecule has 0 aromatic rings. The van der Waals surface area contributed by atoms with Crippen molar-refractivity contribution in [2.24, 2.45) is 0 Å². The molecule has 2 heterocycles. The van der Waals surface area contributed by atoms with Gasteiger partial charge in [-0.3, -0.25) is 9.69 Å². The Labute approximate surface area is 121 Å². The quantitative estimate of drug-likeness (QED) is 0.780. The van der Waals surface area contributed by atoms with Crippen LogP contribution in [0.2, 0.25) is 0 Å². The van der Waals surface area contributed by atoms with E-state index in [-0.39, 0.29) is 18.1 Å². The monoisotopic (exact) mass is 279 g/mol. The van der Waals surface area contributed by atoms with Gasteiger partial charge in [-0.05, 0) is 32.6 Å². The van der Waals surface area contributed by atoms with Crippen LogP contribution < -0.4 is 0 Å². The van der Waals surface area contributed by atoms with Crippen molar-refractivity contribution in [2.75, 3.05) is 32.8 Å². The predicted molar refractivity (Wildman–Crippen MR) is 76.1 cm³/mol. The summed E-state index contributed by atoms with van der Waals surface area (Å²) in [6, 6.07) is 2.20. The van der Waals surface area contributed by atoms with Crippen LogP contribution >= 0.6 is 0 Å². The van der Waals surface area contributed by atoms with Crippen LogP contribution in [0.1, 0.15) is 39.0 Å². The van der Waals surface area contributed by atoms with Gasteiger partial charge in [-0.25, -0.2) is 0 Å². The van der Waals surface area contributed by atoms with E-state index >= 15 is 0 Å². The molecule has 0 aromatic carbocycles. The minimum atomic E-state index is -0.0529. The maximum atomic E-state index is 12.2. The third-order valence-corrected chi connectivity index (χ3v) is 4.36. The number of piperazine rings is 1. The summed E-state index contributed by atoms with van der Waals surface area (Å²) in [4.78, 5) is 16.2. The van der Waals surface area contributed by atoms with Crippen molar-refractivity contribution >= 4 is 5.91 Å². The van der Waals surface area contributed by atoms with E-state index in [1.165, 1.54) is 6.42 Å². The van der Waals surface area contributed by atoms with Crippen molar-refractivity contribution in [1.29, 1.82) is 5.26 Å². The van der Waals surface area contributed by atoms with Crippen LogP contribution in [0, 0.1) is 11.3 Å². The second-order valence-electron chi connectivity index (χ2n) is 5.75. The molecule has 20 heavy (non-hydrogen) atoms. The number of carbonyl (C=O) groups is 1. The summed E-state index contributed by atoms with van der Waals surface area (Å²) < 4.78 is 5.66. The third kappa shape index (κ3) is 4.19. The number of amides is 1. The van der Waals surface area contributed by atoms with Crippen LogP contribution in [0.25, 0.3) is 0 Å². The molecule has 5 nitrogen and oxygen atoms in total. The Kier molecular flexibility index (Phi) is 5.81. The molecular weight excluding hydrogens is 254 g/mol. The molecule has 0 N–H and O–H groups in total. The molecule has 2 saturated heterocycles. The van der Waals surface area contributed by atoms with Crippen molar-refractivity contribution in [2.45, 2.75) is 51.2 Å². The molecule has 112 valence electrons. The van der Waals surface area contributed by atoms with Crippen LogP contribution in [0.4, 0.5) is 0 Å². The van der Waals surface area contributed by atoms with Crippen LogP contribution in [0.3, 0.4) is 0 Å². The molecule has 1 amide bonds. The van der Waals surface area contributed by atoms with Crippen LogP contribution in [0.15, 0.2) is 0 Å². The van der Waals surface area contributed by atoms with Crippen LogP contribution in [-0.4, -0.2) is 60.6 Å². The molecule has 2 aliphatic rings. The minimum absolute atomic E-state index is 0.0529. The van der Waals surface area contributed by atoms with Gasteiger partial charge >= 0.3 is 0 Å². The normalized spacial score (nSPS) is 26.0. The first kappa shape index (κ1) is 15.3. The van der Waals surface area contributed by atoms with Gasteiger partial charge in [0.2, 0.25) is 5.91 Å². The highest BCUT2D eigenvalue weighted by atomic mass is 16.5. The van der Waals surface area contributed by atoms with Crippen molar-refractivity contribution in [3.63, 3.8) is 0 Å². The lowest BCUT2D eigenvalue weighted by Crippen LogP contribution is -2.51. The maximum Gasteiger partial charge on any atom is 0.222 e. The Morgan fingerprint density at radius 2 is 2.10 bits per heavy atom. The molecule has 0 aliphatic carbocycles. The Hall–Kier alpha value is -1.12. The third-order valence-electron chi connectivity index (χ3n) is 4.36. The molecule has 2 fully saturated rings. The van der Waals surface area contributed by atoms with E-state index in [9.17, 15) is 4.79 Å². The van der Waals surface area contributed by atoms with Gasteiger partial charge in [-0.2, -0.15) is 5.26 Å². The number of rotatable bonds is 4. The second kappa shape index (κ2) is 7.61. The smallest absolute Gasteiger partial charge is 0.222 e. The van der Waals surface area contributed by atoms with Crippen LogP contribution in [0.5, 0.6) is 0 Å². The van der Waals surface area contributed by atoms with Crippen molar-refractivity contribution in [1.82, 2.24) is 9.80 Å². The first-order chi connectivity index (χ1) is 9.70. The van der Waals surface area contributed by atoms with Gasteiger partial charge in [0.15, 0.2) is 0 Å². The van der Waals surface area contributed by atoms with Gasteiger partial charge in [0.05, 0.1) is 18.2 Å². The highest BCUT2D eigenvalue weighted by Gasteiger charge is 2.24. The summed E-state index contributed by atoms with van der Waals surface area (Å²) in [6.07, 6.45) is 5.22. The van der Waals surface area contributed by atoms with E-state index in [2.05, 4.69) is 11.0 Å².